The van der Waals surface area contributed by atoms with Crippen LogP contribution in [-0.2, 0) is 11.5 Å². The summed E-state index contributed by atoms with van der Waals surface area (Å²) >= 11 is 0.230. The maximum atomic E-state index is 9.85. The molecule has 0 amide bonds. The molecule has 0 atom stereocenters. The fraction of sp³-hybridized carbons (Fsp3) is 0. The molecule has 2 nitrogen and oxygen atoms in total. The molecule has 0 fully saturated rings. The third-order valence-corrected chi connectivity index (χ3v) is 1.18. The van der Waals surface area contributed by atoms with Gasteiger partial charge in [-0.1, -0.05) is 18.2 Å². The molecule has 0 N–H and O–H groups in total. The van der Waals surface area contributed by atoms with Crippen molar-refractivity contribution in [2.45, 2.75) is 0 Å². The molecule has 0 aliphatic heterocycles. The van der Waals surface area contributed by atoms with Crippen LogP contribution in [0.1, 0.15) is 0 Å². The van der Waals surface area contributed by atoms with Gasteiger partial charge < -0.3 is 0 Å². The van der Waals surface area contributed by atoms with Gasteiger partial charge in [0.1, 0.15) is 0 Å². The number of benzene rings is 1. The number of rotatable bonds is 1. The van der Waals surface area contributed by atoms with Crippen LogP contribution in [0, 0.1) is 0 Å². The predicted octanol–water partition coefficient (Wildman–Crippen LogP) is 2.14. The van der Waals surface area contributed by atoms with Gasteiger partial charge >= 0.3 is 0 Å². The van der Waals surface area contributed by atoms with Crippen molar-refractivity contribution < 1.29 is 4.21 Å². The molecule has 1 aromatic rings. The lowest BCUT2D eigenvalue weighted by atomic mass is 10.3. The fourth-order valence-corrected chi connectivity index (χ4v) is 0.740. The van der Waals surface area contributed by atoms with Gasteiger partial charge in [0, 0.05) is 0 Å². The van der Waals surface area contributed by atoms with Gasteiger partial charge in [-0.2, -0.15) is 8.57 Å². The van der Waals surface area contributed by atoms with E-state index in [-0.39, 0.29) is 23.9 Å². The Hall–Kier alpha value is -0.670. The average Bonchev–Trinajstić information content (AvgIpc) is 1.91. The first-order valence-corrected chi connectivity index (χ1v) is 3.18. The Morgan fingerprint density at radius 3 is 2.30 bits per heavy atom. The topological polar surface area (TPSA) is 29.4 Å². The van der Waals surface area contributed by atoms with E-state index in [1.807, 2.05) is 18.2 Å². The molecular formula is C6H6ClNOS. The molecule has 0 aliphatic rings. The summed E-state index contributed by atoms with van der Waals surface area (Å²) in [5, 5.41) is 0. The maximum absolute atomic E-state index is 9.85. The minimum Gasteiger partial charge on any atom is -0.191 e. The van der Waals surface area contributed by atoms with Crippen LogP contribution in [0.5, 0.6) is 0 Å². The first-order valence-electron chi connectivity index (χ1n) is 2.48. The third kappa shape index (κ3) is 2.75. The SMILES string of the molecule is Cl.O=S=Nc1ccccc1. The second kappa shape index (κ2) is 5.14. The number of hydrogen-bond donors (Lipinski definition) is 0. The Morgan fingerprint density at radius 2 is 1.80 bits per heavy atom. The van der Waals surface area contributed by atoms with Crippen molar-refractivity contribution in [1.82, 2.24) is 0 Å². The lowest BCUT2D eigenvalue weighted by Crippen LogP contribution is -1.57. The summed E-state index contributed by atoms with van der Waals surface area (Å²) in [5.41, 5.74) is 0.720. The van der Waals surface area contributed by atoms with Gasteiger partial charge in [-0.3, -0.25) is 0 Å². The normalized spacial score (nSPS) is 7.60. The van der Waals surface area contributed by atoms with E-state index in [9.17, 15) is 4.21 Å². The van der Waals surface area contributed by atoms with E-state index in [2.05, 4.69) is 4.36 Å². The largest absolute Gasteiger partial charge is 0.205 e. The van der Waals surface area contributed by atoms with Gasteiger partial charge in [-0.25, -0.2) is 0 Å². The maximum Gasteiger partial charge on any atom is 0.205 e. The summed E-state index contributed by atoms with van der Waals surface area (Å²) in [5.74, 6) is 0. The summed E-state index contributed by atoms with van der Waals surface area (Å²) < 4.78 is 13.4. The second-order valence-electron chi connectivity index (χ2n) is 1.50. The van der Waals surface area contributed by atoms with Gasteiger partial charge in [0.05, 0.1) is 5.69 Å². The zero-order chi connectivity index (χ0) is 6.53. The molecule has 1 aromatic carbocycles. The highest BCUT2D eigenvalue weighted by Crippen LogP contribution is 2.07. The molecule has 0 heterocycles. The average molecular weight is 176 g/mol. The molecule has 0 spiro atoms. The molecule has 4 heteroatoms. The van der Waals surface area contributed by atoms with E-state index in [0.29, 0.717) is 0 Å². The molecule has 10 heavy (non-hydrogen) atoms. The number of nitrogens with zero attached hydrogens (tertiary/aromatic N) is 1. The van der Waals surface area contributed by atoms with Gasteiger partial charge in [0.2, 0.25) is 11.5 Å². The Labute approximate surface area is 68.9 Å². The highest BCUT2D eigenvalue weighted by atomic mass is 35.5. The number of hydrogen-bond acceptors (Lipinski definition) is 2. The van der Waals surface area contributed by atoms with Crippen molar-refractivity contribution in [2.75, 3.05) is 0 Å². The van der Waals surface area contributed by atoms with E-state index >= 15 is 0 Å². The summed E-state index contributed by atoms with van der Waals surface area (Å²) in [6, 6.07) is 9.13. The molecule has 0 saturated heterocycles. The van der Waals surface area contributed by atoms with Gasteiger partial charge in [-0.05, 0) is 12.1 Å². The van der Waals surface area contributed by atoms with Crippen LogP contribution in [0.2, 0.25) is 0 Å². The molecule has 1 rings (SSSR count). The van der Waals surface area contributed by atoms with Crippen LogP contribution in [-0.4, -0.2) is 4.21 Å². The van der Waals surface area contributed by atoms with E-state index < -0.39 is 0 Å². The monoisotopic (exact) mass is 175 g/mol. The molecule has 0 radical (unpaired) electrons. The molecule has 0 aromatic heterocycles. The van der Waals surface area contributed by atoms with Crippen molar-refractivity contribution in [3.05, 3.63) is 30.3 Å². The zero-order valence-electron chi connectivity index (χ0n) is 5.06. The van der Waals surface area contributed by atoms with E-state index in [1.54, 1.807) is 12.1 Å². The van der Waals surface area contributed by atoms with Crippen LogP contribution in [0.4, 0.5) is 5.69 Å². The fourth-order valence-electron chi connectivity index (χ4n) is 0.532. The highest BCUT2D eigenvalue weighted by molar-refractivity contribution is 7.54. The first-order chi connectivity index (χ1) is 4.43. The Morgan fingerprint density at radius 1 is 1.20 bits per heavy atom. The van der Waals surface area contributed by atoms with Crippen molar-refractivity contribution in [3.63, 3.8) is 0 Å². The van der Waals surface area contributed by atoms with Gasteiger partial charge in [0.15, 0.2) is 0 Å². The van der Waals surface area contributed by atoms with E-state index in [4.69, 9.17) is 0 Å². The predicted molar refractivity (Wildman–Crippen MR) is 43.9 cm³/mol. The zero-order valence-corrected chi connectivity index (χ0v) is 6.69. The minimum atomic E-state index is 0. The lowest BCUT2D eigenvalue weighted by Gasteiger charge is -1.82. The number of halogens is 1. The summed E-state index contributed by atoms with van der Waals surface area (Å²) in [7, 11) is 0. The highest BCUT2D eigenvalue weighted by Gasteiger charge is 1.80. The van der Waals surface area contributed by atoms with Crippen molar-refractivity contribution in [1.29, 1.82) is 0 Å². The van der Waals surface area contributed by atoms with Crippen LogP contribution in [0.3, 0.4) is 0 Å². The summed E-state index contributed by atoms with van der Waals surface area (Å²) in [6.45, 7) is 0. The van der Waals surface area contributed by atoms with E-state index in [0.717, 1.165) is 5.69 Å². The first kappa shape index (κ1) is 9.33. The van der Waals surface area contributed by atoms with Crippen LogP contribution in [0.15, 0.2) is 34.7 Å². The Bertz CT molecular complexity index is 233. The smallest absolute Gasteiger partial charge is 0.191 e. The van der Waals surface area contributed by atoms with Crippen LogP contribution < -0.4 is 0 Å². The molecule has 54 valence electrons. The third-order valence-electron chi connectivity index (χ3n) is 0.899. The van der Waals surface area contributed by atoms with Gasteiger partial charge in [-0.15, -0.1) is 12.4 Å². The van der Waals surface area contributed by atoms with Crippen LogP contribution in [0.25, 0.3) is 0 Å². The van der Waals surface area contributed by atoms with Gasteiger partial charge in [0.25, 0.3) is 0 Å². The molecular weight excluding hydrogens is 170 g/mol. The molecule has 0 saturated carbocycles. The second-order valence-corrected chi connectivity index (χ2v) is 1.83. The quantitative estimate of drug-likeness (QED) is 0.643. The Kier molecular flexibility index (Phi) is 4.80. The lowest BCUT2D eigenvalue weighted by molar-refractivity contribution is 0.698. The van der Waals surface area contributed by atoms with E-state index in [1.165, 1.54) is 0 Å². The molecule has 0 bridgehead atoms. The summed E-state index contributed by atoms with van der Waals surface area (Å²) in [6.07, 6.45) is 0. The minimum absolute atomic E-state index is 0. The standard InChI is InChI=1S/C6H5NOS.ClH/c8-9-7-6-4-2-1-3-5-6;/h1-5H;1H. The van der Waals surface area contributed by atoms with Crippen molar-refractivity contribution in [3.8, 4) is 0 Å². The Balaban J connectivity index is 0.000000810. The molecule has 0 aliphatic carbocycles. The van der Waals surface area contributed by atoms with Crippen LogP contribution >= 0.6 is 12.4 Å². The summed E-state index contributed by atoms with van der Waals surface area (Å²) in [4.78, 5) is 0. The van der Waals surface area contributed by atoms with Crippen molar-refractivity contribution in [2.24, 2.45) is 4.36 Å². The molecule has 0 unspecified atom stereocenters. The van der Waals surface area contributed by atoms with Crippen molar-refractivity contribution >= 4 is 29.6 Å².